The topological polar surface area (TPSA) is 99.5 Å². The summed E-state index contributed by atoms with van der Waals surface area (Å²) >= 11 is 0. The lowest BCUT2D eigenvalue weighted by Gasteiger charge is -2.17. The highest BCUT2D eigenvalue weighted by molar-refractivity contribution is 6.06. The summed E-state index contributed by atoms with van der Waals surface area (Å²) in [6, 6.07) is 7.26. The van der Waals surface area contributed by atoms with Crippen molar-refractivity contribution in [2.24, 2.45) is 0 Å². The normalized spacial score (nSPS) is 13.7. The summed E-state index contributed by atoms with van der Waals surface area (Å²) in [4.78, 5) is 27.3. The number of benzene rings is 1. The Labute approximate surface area is 115 Å². The first-order valence-electron chi connectivity index (χ1n) is 6.06. The molecule has 6 heteroatoms. The summed E-state index contributed by atoms with van der Waals surface area (Å²) in [6.45, 7) is 1.31. The molecule has 0 aliphatic heterocycles. The Morgan fingerprint density at radius 3 is 2.60 bits per heavy atom. The smallest absolute Gasteiger partial charge is 0.328 e. The van der Waals surface area contributed by atoms with Crippen LogP contribution in [0.1, 0.15) is 17.3 Å². The van der Waals surface area contributed by atoms with Crippen molar-refractivity contribution in [3.8, 4) is 0 Å². The molecule has 2 aromatic rings. The second kappa shape index (κ2) is 5.66. The molecule has 0 bridgehead atoms. The molecular formula is C14H14N2O4. The predicted molar refractivity (Wildman–Crippen MR) is 72.3 cm³/mol. The highest BCUT2D eigenvalue weighted by Gasteiger charge is 2.26. The van der Waals surface area contributed by atoms with Crippen LogP contribution in [-0.4, -0.2) is 39.2 Å². The van der Waals surface area contributed by atoms with E-state index in [0.29, 0.717) is 5.52 Å². The third-order valence-electron chi connectivity index (χ3n) is 2.91. The minimum Gasteiger partial charge on any atom is -0.480 e. The Bertz CT molecular complexity index is 649. The number of nitrogens with one attached hydrogen (secondary N) is 1. The van der Waals surface area contributed by atoms with Gasteiger partial charge in [0, 0.05) is 11.6 Å². The maximum absolute atomic E-state index is 12.2. The number of nitrogens with zero attached hydrogens (tertiary/aromatic N) is 1. The second-order valence-corrected chi connectivity index (χ2v) is 4.41. The molecule has 104 valence electrons. The number of para-hydroxylation sites is 1. The van der Waals surface area contributed by atoms with Gasteiger partial charge in [0.05, 0.1) is 17.2 Å². The van der Waals surface area contributed by atoms with Crippen LogP contribution in [0, 0.1) is 0 Å². The molecule has 1 aromatic carbocycles. The van der Waals surface area contributed by atoms with Crippen LogP contribution in [0.3, 0.4) is 0 Å². The molecule has 0 aliphatic carbocycles. The summed E-state index contributed by atoms with van der Waals surface area (Å²) in [7, 11) is 0. The first kappa shape index (κ1) is 14.0. The fourth-order valence-electron chi connectivity index (χ4n) is 1.90. The van der Waals surface area contributed by atoms with E-state index in [1.807, 2.05) is 12.1 Å². The van der Waals surface area contributed by atoms with Crippen molar-refractivity contribution in [3.63, 3.8) is 0 Å². The fourth-order valence-corrected chi connectivity index (χ4v) is 1.90. The van der Waals surface area contributed by atoms with Crippen molar-refractivity contribution in [1.29, 1.82) is 0 Å². The van der Waals surface area contributed by atoms with Crippen molar-refractivity contribution in [1.82, 2.24) is 10.3 Å². The zero-order valence-corrected chi connectivity index (χ0v) is 10.8. The summed E-state index contributed by atoms with van der Waals surface area (Å²) in [6.07, 6.45) is 0.363. The van der Waals surface area contributed by atoms with Crippen LogP contribution in [0.25, 0.3) is 10.9 Å². The van der Waals surface area contributed by atoms with Crippen molar-refractivity contribution in [2.45, 2.75) is 19.1 Å². The van der Waals surface area contributed by atoms with E-state index in [9.17, 15) is 14.7 Å². The van der Waals surface area contributed by atoms with Crippen LogP contribution < -0.4 is 5.32 Å². The molecular weight excluding hydrogens is 260 g/mol. The molecule has 2 atom stereocenters. The van der Waals surface area contributed by atoms with E-state index in [0.717, 1.165) is 5.39 Å². The molecule has 2 rings (SSSR count). The molecule has 1 heterocycles. The van der Waals surface area contributed by atoms with E-state index >= 15 is 0 Å². The van der Waals surface area contributed by atoms with Gasteiger partial charge in [0.2, 0.25) is 0 Å². The number of aliphatic hydroxyl groups is 1. The van der Waals surface area contributed by atoms with Crippen LogP contribution in [-0.2, 0) is 4.79 Å². The number of amides is 1. The molecule has 0 spiro atoms. The average Bonchev–Trinajstić information content (AvgIpc) is 2.43. The van der Waals surface area contributed by atoms with E-state index in [1.54, 1.807) is 24.4 Å². The summed E-state index contributed by atoms with van der Waals surface area (Å²) in [5, 5.41) is 21.4. The number of carbonyl (C=O) groups is 2. The molecule has 0 saturated carbocycles. The van der Waals surface area contributed by atoms with Gasteiger partial charge in [-0.05, 0) is 19.1 Å². The maximum Gasteiger partial charge on any atom is 0.328 e. The maximum atomic E-state index is 12.2. The molecule has 20 heavy (non-hydrogen) atoms. The minimum absolute atomic E-state index is 0.273. The largest absolute Gasteiger partial charge is 0.480 e. The third-order valence-corrected chi connectivity index (χ3v) is 2.91. The zero-order valence-electron chi connectivity index (χ0n) is 10.8. The van der Waals surface area contributed by atoms with Crippen LogP contribution >= 0.6 is 0 Å². The Balaban J connectivity index is 2.34. The first-order chi connectivity index (χ1) is 9.50. The number of hydrogen-bond acceptors (Lipinski definition) is 4. The van der Waals surface area contributed by atoms with Gasteiger partial charge >= 0.3 is 5.97 Å². The zero-order chi connectivity index (χ0) is 14.7. The molecule has 0 fully saturated rings. The van der Waals surface area contributed by atoms with E-state index < -0.39 is 24.0 Å². The van der Waals surface area contributed by atoms with Crippen LogP contribution in [0.15, 0.2) is 36.5 Å². The van der Waals surface area contributed by atoms with Crippen molar-refractivity contribution in [3.05, 3.63) is 42.1 Å². The summed E-state index contributed by atoms with van der Waals surface area (Å²) in [5.41, 5.74) is 0.761. The lowest BCUT2D eigenvalue weighted by atomic mass is 10.1. The van der Waals surface area contributed by atoms with Crippen molar-refractivity contribution >= 4 is 22.8 Å². The highest BCUT2D eigenvalue weighted by Crippen LogP contribution is 2.16. The van der Waals surface area contributed by atoms with E-state index in [-0.39, 0.29) is 5.56 Å². The highest BCUT2D eigenvalue weighted by atomic mass is 16.4. The Hall–Kier alpha value is -2.47. The molecule has 0 aliphatic rings. The monoisotopic (exact) mass is 274 g/mol. The van der Waals surface area contributed by atoms with Crippen molar-refractivity contribution in [2.75, 3.05) is 0 Å². The van der Waals surface area contributed by atoms with Gasteiger partial charge in [0.15, 0.2) is 6.04 Å². The van der Waals surface area contributed by atoms with Gasteiger partial charge in [-0.2, -0.15) is 0 Å². The van der Waals surface area contributed by atoms with Gasteiger partial charge in [-0.3, -0.25) is 9.78 Å². The number of aliphatic hydroxyl groups excluding tert-OH is 1. The Kier molecular flexibility index (Phi) is 3.95. The third kappa shape index (κ3) is 2.75. The van der Waals surface area contributed by atoms with E-state index in [1.165, 1.54) is 6.92 Å². The second-order valence-electron chi connectivity index (χ2n) is 4.41. The fraction of sp³-hybridized carbons (Fsp3) is 0.214. The Morgan fingerprint density at radius 1 is 1.25 bits per heavy atom. The van der Waals surface area contributed by atoms with Gasteiger partial charge < -0.3 is 15.5 Å². The van der Waals surface area contributed by atoms with E-state index in [2.05, 4.69) is 10.3 Å². The number of aliphatic carboxylic acids is 1. The SMILES string of the molecule is C[C@@H](O)[C@H](NC(=O)c1cccc2cccnc12)C(=O)O. The lowest BCUT2D eigenvalue weighted by molar-refractivity contribution is -0.141. The number of carboxylic acid groups (broad SMARTS) is 1. The number of fused-ring (bicyclic) bond motifs is 1. The number of carbonyl (C=O) groups excluding carboxylic acids is 1. The lowest BCUT2D eigenvalue weighted by Crippen LogP contribution is -2.47. The quantitative estimate of drug-likeness (QED) is 0.765. The number of aromatic nitrogens is 1. The molecule has 0 unspecified atom stereocenters. The summed E-state index contributed by atoms with van der Waals surface area (Å²) < 4.78 is 0. The van der Waals surface area contributed by atoms with Gasteiger partial charge in [-0.15, -0.1) is 0 Å². The average molecular weight is 274 g/mol. The van der Waals surface area contributed by atoms with Gasteiger partial charge in [0.25, 0.3) is 5.91 Å². The molecule has 6 nitrogen and oxygen atoms in total. The standard InChI is InChI=1S/C14H14N2O4/c1-8(17)11(14(19)20)16-13(18)10-6-2-4-9-5-3-7-15-12(9)10/h2-8,11,17H,1H3,(H,16,18)(H,19,20)/t8-,11+/m1/s1. The molecule has 0 radical (unpaired) electrons. The van der Waals surface area contributed by atoms with Crippen LogP contribution in [0.2, 0.25) is 0 Å². The van der Waals surface area contributed by atoms with Gasteiger partial charge in [0.1, 0.15) is 0 Å². The van der Waals surface area contributed by atoms with Gasteiger partial charge in [-0.25, -0.2) is 4.79 Å². The van der Waals surface area contributed by atoms with Crippen molar-refractivity contribution < 1.29 is 19.8 Å². The molecule has 1 aromatic heterocycles. The van der Waals surface area contributed by atoms with Gasteiger partial charge in [-0.1, -0.05) is 18.2 Å². The number of pyridine rings is 1. The van der Waals surface area contributed by atoms with E-state index in [4.69, 9.17) is 5.11 Å². The number of rotatable bonds is 4. The molecule has 0 saturated heterocycles. The molecule has 1 amide bonds. The predicted octanol–water partition coefficient (Wildman–Crippen LogP) is 0.799. The minimum atomic E-state index is -1.36. The number of hydrogen-bond donors (Lipinski definition) is 3. The van der Waals surface area contributed by atoms with Crippen LogP contribution in [0.4, 0.5) is 0 Å². The summed E-state index contributed by atoms with van der Waals surface area (Å²) in [5.74, 6) is -1.87. The Morgan fingerprint density at radius 2 is 1.95 bits per heavy atom. The first-order valence-corrected chi connectivity index (χ1v) is 6.06. The number of carboxylic acids is 1. The van der Waals surface area contributed by atoms with Crippen LogP contribution in [0.5, 0.6) is 0 Å². The molecule has 3 N–H and O–H groups in total.